The number of piperidine rings is 1. The van der Waals surface area contributed by atoms with Crippen LogP contribution in [0.3, 0.4) is 0 Å². The van der Waals surface area contributed by atoms with Gasteiger partial charge in [0.2, 0.25) is 5.91 Å². The molecule has 0 aromatic heterocycles. The van der Waals surface area contributed by atoms with Gasteiger partial charge in [-0.2, -0.15) is 0 Å². The molecule has 0 bridgehead atoms. The first kappa shape index (κ1) is 22.3. The summed E-state index contributed by atoms with van der Waals surface area (Å²) in [6, 6.07) is 4.54. The lowest BCUT2D eigenvalue weighted by Crippen LogP contribution is -2.51. The molecule has 1 aliphatic heterocycles. The Morgan fingerprint density at radius 1 is 1.21 bits per heavy atom. The number of hydrogen-bond donors (Lipinski definition) is 1. The number of nitro groups is 1. The van der Waals surface area contributed by atoms with Gasteiger partial charge in [-0.25, -0.2) is 0 Å². The number of methoxy groups -OCH3 is 1. The summed E-state index contributed by atoms with van der Waals surface area (Å²) >= 11 is 0. The van der Waals surface area contributed by atoms with E-state index in [1.54, 1.807) is 4.90 Å². The summed E-state index contributed by atoms with van der Waals surface area (Å²) in [6.07, 6.45) is 1.53. The Morgan fingerprint density at radius 2 is 1.79 bits per heavy atom. The molecule has 1 N–H and O–H groups in total. The van der Waals surface area contributed by atoms with Crippen LogP contribution in [0.1, 0.15) is 43.5 Å². The Bertz CT molecular complexity index is 754. The van der Waals surface area contributed by atoms with Gasteiger partial charge in [-0.15, -0.1) is 0 Å². The fourth-order valence-electron chi connectivity index (χ4n) is 3.39. The molecule has 9 heteroatoms. The van der Waals surface area contributed by atoms with E-state index in [2.05, 4.69) is 5.32 Å². The van der Waals surface area contributed by atoms with Crippen LogP contribution in [-0.4, -0.2) is 53.8 Å². The summed E-state index contributed by atoms with van der Waals surface area (Å²) in [7, 11) is 1.35. The lowest BCUT2D eigenvalue weighted by Gasteiger charge is -2.34. The number of likely N-dealkylation sites (tertiary alicyclic amines) is 1. The Morgan fingerprint density at radius 3 is 2.28 bits per heavy atom. The number of benzene rings is 1. The van der Waals surface area contributed by atoms with Crippen LogP contribution in [0.15, 0.2) is 24.3 Å². The van der Waals surface area contributed by atoms with Crippen LogP contribution < -0.4 is 5.32 Å². The second-order valence-electron chi connectivity index (χ2n) is 7.58. The highest BCUT2D eigenvalue weighted by molar-refractivity contribution is 5.97. The molecule has 29 heavy (non-hydrogen) atoms. The third-order valence-electron chi connectivity index (χ3n) is 4.99. The molecule has 158 valence electrons. The van der Waals surface area contributed by atoms with Gasteiger partial charge in [0, 0.05) is 30.8 Å². The first-order valence-electron chi connectivity index (χ1n) is 9.64. The molecule has 0 saturated carbocycles. The number of non-ortho nitro benzene ring substituents is 1. The third kappa shape index (κ3) is 6.00. The van der Waals surface area contributed by atoms with Crippen molar-refractivity contribution in [3.05, 3.63) is 39.9 Å². The molecule has 2 rings (SSSR count). The zero-order valence-corrected chi connectivity index (χ0v) is 16.9. The first-order chi connectivity index (χ1) is 13.7. The number of rotatable bonds is 7. The highest BCUT2D eigenvalue weighted by Gasteiger charge is 2.32. The molecule has 0 spiro atoms. The molecule has 1 aromatic rings. The van der Waals surface area contributed by atoms with Crippen LogP contribution in [0.2, 0.25) is 0 Å². The van der Waals surface area contributed by atoms with Crippen LogP contribution in [0.25, 0.3) is 0 Å². The fourth-order valence-corrected chi connectivity index (χ4v) is 3.39. The summed E-state index contributed by atoms with van der Waals surface area (Å²) in [6.45, 7) is 4.78. The minimum atomic E-state index is -0.702. The minimum Gasteiger partial charge on any atom is -0.469 e. The van der Waals surface area contributed by atoms with Gasteiger partial charge in [0.05, 0.1) is 18.0 Å². The molecule has 0 aliphatic carbocycles. The molecular weight excluding hydrogens is 378 g/mol. The number of nitrogens with zero attached hydrogens (tertiary/aromatic N) is 2. The number of esters is 1. The van der Waals surface area contributed by atoms with E-state index in [4.69, 9.17) is 4.74 Å². The molecule has 9 nitrogen and oxygen atoms in total. The normalized spacial score (nSPS) is 15.7. The van der Waals surface area contributed by atoms with Crippen molar-refractivity contribution < 1.29 is 24.0 Å². The standard InChI is InChI=1S/C20H27N3O6/c1-13(2)12-17(19(25)22-10-8-15(9-11-22)20(26)29-3)21-18(24)14-4-6-16(7-5-14)23(27)28/h4-7,13,15,17H,8-12H2,1-3H3,(H,21,24). The second-order valence-corrected chi connectivity index (χ2v) is 7.58. The summed E-state index contributed by atoms with van der Waals surface area (Å²) in [5.74, 6) is -0.932. The van der Waals surface area contributed by atoms with Crippen LogP contribution in [0.4, 0.5) is 5.69 Å². The Balaban J connectivity index is 2.04. The molecule has 1 fully saturated rings. The van der Waals surface area contributed by atoms with Crippen LogP contribution >= 0.6 is 0 Å². The van der Waals surface area contributed by atoms with E-state index in [-0.39, 0.29) is 35.0 Å². The summed E-state index contributed by atoms with van der Waals surface area (Å²) < 4.78 is 4.77. The highest BCUT2D eigenvalue weighted by atomic mass is 16.6. The van der Waals surface area contributed by atoms with E-state index in [0.29, 0.717) is 32.4 Å². The summed E-state index contributed by atoms with van der Waals surface area (Å²) in [5.41, 5.74) is 0.145. The van der Waals surface area contributed by atoms with Crippen molar-refractivity contribution in [2.45, 2.75) is 39.2 Å². The van der Waals surface area contributed by atoms with Crippen LogP contribution in [0.5, 0.6) is 0 Å². The van der Waals surface area contributed by atoms with Gasteiger partial charge in [0.1, 0.15) is 6.04 Å². The number of nitro benzene ring substituents is 1. The van der Waals surface area contributed by atoms with Crippen molar-refractivity contribution in [3.8, 4) is 0 Å². The molecule has 1 atom stereocenters. The molecule has 1 aliphatic rings. The Hall–Kier alpha value is -2.97. The molecule has 1 aromatic carbocycles. The average molecular weight is 405 g/mol. The number of carbonyl (C=O) groups is 3. The smallest absolute Gasteiger partial charge is 0.308 e. The van der Waals surface area contributed by atoms with Crippen LogP contribution in [0, 0.1) is 22.0 Å². The maximum Gasteiger partial charge on any atom is 0.308 e. The maximum atomic E-state index is 13.0. The maximum absolute atomic E-state index is 13.0. The van der Waals surface area contributed by atoms with Gasteiger partial charge < -0.3 is 15.0 Å². The molecule has 0 radical (unpaired) electrons. The summed E-state index contributed by atoms with van der Waals surface area (Å²) in [5, 5.41) is 13.5. The number of amides is 2. The SMILES string of the molecule is COC(=O)C1CCN(C(=O)C(CC(C)C)NC(=O)c2ccc([N+](=O)[O-])cc2)CC1. The lowest BCUT2D eigenvalue weighted by atomic mass is 9.95. The second kappa shape index (κ2) is 9.99. The Kier molecular flexibility index (Phi) is 7.69. The van der Waals surface area contributed by atoms with Crippen molar-refractivity contribution in [2.75, 3.05) is 20.2 Å². The molecule has 1 saturated heterocycles. The van der Waals surface area contributed by atoms with Crippen molar-refractivity contribution in [1.82, 2.24) is 10.2 Å². The highest BCUT2D eigenvalue weighted by Crippen LogP contribution is 2.20. The lowest BCUT2D eigenvalue weighted by molar-refractivity contribution is -0.384. The van der Waals surface area contributed by atoms with Crippen molar-refractivity contribution >= 4 is 23.5 Å². The van der Waals surface area contributed by atoms with Gasteiger partial charge >= 0.3 is 5.97 Å². The van der Waals surface area contributed by atoms with Gasteiger partial charge in [0.15, 0.2) is 0 Å². The van der Waals surface area contributed by atoms with E-state index >= 15 is 0 Å². The predicted molar refractivity (Wildman–Crippen MR) is 105 cm³/mol. The molecule has 1 unspecified atom stereocenters. The van der Waals surface area contributed by atoms with E-state index in [9.17, 15) is 24.5 Å². The van der Waals surface area contributed by atoms with E-state index in [0.717, 1.165) is 0 Å². The van der Waals surface area contributed by atoms with Gasteiger partial charge in [-0.1, -0.05) is 13.8 Å². The number of nitrogens with one attached hydrogen (secondary N) is 1. The van der Waals surface area contributed by atoms with Gasteiger partial charge in [-0.05, 0) is 37.3 Å². The zero-order chi connectivity index (χ0) is 21.6. The van der Waals surface area contributed by atoms with Crippen molar-refractivity contribution in [3.63, 3.8) is 0 Å². The topological polar surface area (TPSA) is 119 Å². The predicted octanol–water partition coefficient (Wildman–Crippen LogP) is 2.15. The zero-order valence-electron chi connectivity index (χ0n) is 16.9. The third-order valence-corrected chi connectivity index (χ3v) is 4.99. The largest absolute Gasteiger partial charge is 0.469 e. The quantitative estimate of drug-likeness (QED) is 0.422. The number of ether oxygens (including phenoxy) is 1. The Labute approximate surface area is 169 Å². The summed E-state index contributed by atoms with van der Waals surface area (Å²) in [4.78, 5) is 49.1. The fraction of sp³-hybridized carbons (Fsp3) is 0.550. The molecular formula is C20H27N3O6. The van der Waals surface area contributed by atoms with Gasteiger partial charge in [-0.3, -0.25) is 24.5 Å². The number of carbonyl (C=O) groups excluding carboxylic acids is 3. The molecule has 2 amide bonds. The molecule has 1 heterocycles. The van der Waals surface area contributed by atoms with E-state index in [1.807, 2.05) is 13.8 Å². The average Bonchev–Trinajstić information content (AvgIpc) is 2.71. The minimum absolute atomic E-state index is 0.107. The van der Waals surface area contributed by atoms with E-state index in [1.165, 1.54) is 31.4 Å². The van der Waals surface area contributed by atoms with Gasteiger partial charge in [0.25, 0.3) is 11.6 Å². The van der Waals surface area contributed by atoms with Crippen LogP contribution in [-0.2, 0) is 14.3 Å². The van der Waals surface area contributed by atoms with Crippen molar-refractivity contribution in [1.29, 1.82) is 0 Å². The first-order valence-corrected chi connectivity index (χ1v) is 9.64. The monoisotopic (exact) mass is 405 g/mol. The van der Waals surface area contributed by atoms with Crippen molar-refractivity contribution in [2.24, 2.45) is 11.8 Å². The number of hydrogen-bond acceptors (Lipinski definition) is 6. The van der Waals surface area contributed by atoms with E-state index < -0.39 is 16.9 Å².